The molecule has 5 nitrogen and oxygen atoms in total. The van der Waals surface area contributed by atoms with Gasteiger partial charge in [-0.25, -0.2) is 4.98 Å². The number of nitrogens with two attached hydrogens (primary N) is 1. The van der Waals surface area contributed by atoms with Crippen molar-refractivity contribution in [3.63, 3.8) is 0 Å². The summed E-state index contributed by atoms with van der Waals surface area (Å²) < 4.78 is 42.3. The van der Waals surface area contributed by atoms with Crippen molar-refractivity contribution >= 4 is 17.5 Å². The highest BCUT2D eigenvalue weighted by molar-refractivity contribution is 6.31. The Bertz CT molecular complexity index is 483. The van der Waals surface area contributed by atoms with E-state index in [1.165, 1.54) is 0 Å². The molecule has 1 aromatic heterocycles. The monoisotopic (exact) mass is 325 g/mol. The van der Waals surface area contributed by atoms with Crippen LogP contribution in [0.4, 0.5) is 13.2 Å². The number of nitrogens with zero attached hydrogens (tertiary/aromatic N) is 1. The molecule has 0 aliphatic carbocycles. The first-order valence-corrected chi connectivity index (χ1v) is 6.54. The summed E-state index contributed by atoms with van der Waals surface area (Å²) in [5.41, 5.74) is 4.31. The van der Waals surface area contributed by atoms with Gasteiger partial charge in [-0.1, -0.05) is 11.6 Å². The first-order valence-electron chi connectivity index (χ1n) is 6.17. The lowest BCUT2D eigenvalue weighted by atomic mass is 10.3. The Morgan fingerprint density at radius 2 is 2.19 bits per heavy atom. The Hall–Kier alpha value is -1.54. The Morgan fingerprint density at radius 3 is 2.76 bits per heavy atom. The Kier molecular flexibility index (Phi) is 6.70. The van der Waals surface area contributed by atoms with Crippen LogP contribution in [0.25, 0.3) is 0 Å². The second-order valence-corrected chi connectivity index (χ2v) is 4.51. The minimum atomic E-state index is -4.51. The predicted molar refractivity (Wildman–Crippen MR) is 71.0 cm³/mol. The smallest absolute Gasteiger partial charge is 0.417 e. The van der Waals surface area contributed by atoms with Crippen LogP contribution < -0.4 is 15.8 Å². The van der Waals surface area contributed by atoms with Crippen molar-refractivity contribution in [1.29, 1.82) is 0 Å². The third-order valence-electron chi connectivity index (χ3n) is 2.41. The molecule has 0 spiro atoms. The Morgan fingerprint density at radius 1 is 1.48 bits per heavy atom. The van der Waals surface area contributed by atoms with Gasteiger partial charge in [-0.05, 0) is 19.0 Å². The highest BCUT2D eigenvalue weighted by Crippen LogP contribution is 2.32. The lowest BCUT2D eigenvalue weighted by molar-refractivity contribution is -0.137. The summed E-state index contributed by atoms with van der Waals surface area (Å²) in [4.78, 5) is 14.8. The molecular formula is C12H15ClF3N3O2. The van der Waals surface area contributed by atoms with Crippen molar-refractivity contribution in [1.82, 2.24) is 10.3 Å². The van der Waals surface area contributed by atoms with Crippen molar-refractivity contribution in [2.75, 3.05) is 19.7 Å². The third-order valence-corrected chi connectivity index (χ3v) is 2.68. The fourth-order valence-electron chi connectivity index (χ4n) is 1.38. The maximum absolute atomic E-state index is 12.4. The molecule has 0 radical (unpaired) electrons. The fourth-order valence-corrected chi connectivity index (χ4v) is 1.60. The van der Waals surface area contributed by atoms with E-state index in [2.05, 4.69) is 10.3 Å². The zero-order chi connectivity index (χ0) is 15.9. The quantitative estimate of drug-likeness (QED) is 0.752. The predicted octanol–water partition coefficient (Wildman–Crippen LogP) is 1.99. The standard InChI is InChI=1S/C12H15ClF3N3O2/c13-9-6-8(12(14,15)16)7-19-11(9)21-5-4-18-10(20)2-1-3-17/h6-7H,1-5,17H2,(H,18,20). The number of nitrogens with one attached hydrogen (secondary N) is 1. The van der Waals surface area contributed by atoms with Gasteiger partial charge in [0.1, 0.15) is 11.6 Å². The van der Waals surface area contributed by atoms with Gasteiger partial charge in [0.15, 0.2) is 0 Å². The molecule has 1 heterocycles. The molecule has 9 heteroatoms. The van der Waals surface area contributed by atoms with Crippen molar-refractivity contribution in [2.24, 2.45) is 5.73 Å². The first-order chi connectivity index (χ1) is 9.84. The number of carbonyl (C=O) groups is 1. The van der Waals surface area contributed by atoms with E-state index in [4.69, 9.17) is 22.1 Å². The van der Waals surface area contributed by atoms with Gasteiger partial charge in [-0.15, -0.1) is 0 Å². The van der Waals surface area contributed by atoms with Gasteiger partial charge in [0, 0.05) is 12.6 Å². The molecule has 21 heavy (non-hydrogen) atoms. The van der Waals surface area contributed by atoms with E-state index < -0.39 is 11.7 Å². The van der Waals surface area contributed by atoms with E-state index in [1.807, 2.05) is 0 Å². The van der Waals surface area contributed by atoms with Gasteiger partial charge in [-0.3, -0.25) is 4.79 Å². The molecule has 0 aliphatic rings. The number of carbonyl (C=O) groups excluding carboxylic acids is 1. The van der Waals surface area contributed by atoms with Gasteiger partial charge in [-0.2, -0.15) is 13.2 Å². The molecule has 0 aromatic carbocycles. The van der Waals surface area contributed by atoms with Crippen LogP contribution >= 0.6 is 11.6 Å². The largest absolute Gasteiger partial charge is 0.475 e. The van der Waals surface area contributed by atoms with E-state index >= 15 is 0 Å². The summed E-state index contributed by atoms with van der Waals surface area (Å²) in [5, 5.41) is 2.34. The first kappa shape index (κ1) is 17.5. The highest BCUT2D eigenvalue weighted by atomic mass is 35.5. The topological polar surface area (TPSA) is 77.2 Å². The summed E-state index contributed by atoms with van der Waals surface area (Å²) in [6, 6.07) is 0.740. The fraction of sp³-hybridized carbons (Fsp3) is 0.500. The maximum Gasteiger partial charge on any atom is 0.417 e. The van der Waals surface area contributed by atoms with E-state index in [-0.39, 0.29) is 30.0 Å². The molecule has 0 saturated heterocycles. The number of alkyl halides is 3. The van der Waals surface area contributed by atoms with E-state index in [9.17, 15) is 18.0 Å². The lowest BCUT2D eigenvalue weighted by Gasteiger charge is -2.10. The third kappa shape index (κ3) is 6.17. The van der Waals surface area contributed by atoms with E-state index in [0.717, 1.165) is 6.07 Å². The molecule has 0 bridgehead atoms. The average molecular weight is 326 g/mol. The zero-order valence-corrected chi connectivity index (χ0v) is 11.8. The summed E-state index contributed by atoms with van der Waals surface area (Å²) in [7, 11) is 0. The molecule has 0 aliphatic heterocycles. The average Bonchev–Trinajstić information content (AvgIpc) is 2.41. The van der Waals surface area contributed by atoms with Gasteiger partial charge < -0.3 is 15.8 Å². The molecular weight excluding hydrogens is 311 g/mol. The maximum atomic E-state index is 12.4. The van der Waals surface area contributed by atoms with Gasteiger partial charge in [0.05, 0.1) is 12.1 Å². The number of amides is 1. The lowest BCUT2D eigenvalue weighted by Crippen LogP contribution is -2.28. The summed E-state index contributed by atoms with van der Waals surface area (Å²) in [6.07, 6.45) is -2.97. The Labute approximate surface area is 124 Å². The Balaban J connectivity index is 2.41. The number of pyridine rings is 1. The van der Waals surface area contributed by atoms with E-state index in [1.54, 1.807) is 0 Å². The number of halogens is 4. The van der Waals surface area contributed by atoms with Gasteiger partial charge >= 0.3 is 6.18 Å². The van der Waals surface area contributed by atoms with Crippen LogP contribution in [-0.4, -0.2) is 30.6 Å². The molecule has 1 aromatic rings. The molecule has 1 rings (SSSR count). The van der Waals surface area contributed by atoms with Crippen molar-refractivity contribution in [2.45, 2.75) is 19.0 Å². The summed E-state index contributed by atoms with van der Waals surface area (Å²) >= 11 is 5.66. The highest BCUT2D eigenvalue weighted by Gasteiger charge is 2.31. The molecule has 3 N–H and O–H groups in total. The van der Waals surface area contributed by atoms with E-state index in [0.29, 0.717) is 25.6 Å². The summed E-state index contributed by atoms with van der Waals surface area (Å²) in [6.45, 7) is 0.671. The van der Waals surface area contributed by atoms with Crippen LogP contribution in [0.3, 0.4) is 0 Å². The molecule has 0 unspecified atom stereocenters. The minimum Gasteiger partial charge on any atom is -0.475 e. The van der Waals surface area contributed by atoms with Crippen LogP contribution in [0, 0.1) is 0 Å². The van der Waals surface area contributed by atoms with Crippen molar-refractivity contribution in [3.05, 3.63) is 22.8 Å². The van der Waals surface area contributed by atoms with Crippen LogP contribution in [0.5, 0.6) is 5.88 Å². The molecule has 0 saturated carbocycles. The SMILES string of the molecule is NCCCC(=O)NCCOc1ncc(C(F)(F)F)cc1Cl. The van der Waals surface area contributed by atoms with Crippen molar-refractivity contribution in [3.8, 4) is 5.88 Å². The van der Waals surface area contributed by atoms with Gasteiger partial charge in [0.2, 0.25) is 11.8 Å². The summed E-state index contributed by atoms with van der Waals surface area (Å²) in [5.74, 6) is -0.281. The second kappa shape index (κ2) is 8.04. The van der Waals surface area contributed by atoms with Crippen LogP contribution in [0.15, 0.2) is 12.3 Å². The minimum absolute atomic E-state index is 0.0481. The van der Waals surface area contributed by atoms with Crippen molar-refractivity contribution < 1.29 is 22.7 Å². The number of hydrogen-bond donors (Lipinski definition) is 2. The molecule has 118 valence electrons. The molecule has 0 fully saturated rings. The zero-order valence-electron chi connectivity index (χ0n) is 11.0. The number of aromatic nitrogens is 1. The van der Waals surface area contributed by atoms with Gasteiger partial charge in [0.25, 0.3) is 0 Å². The van der Waals surface area contributed by atoms with Crippen LogP contribution in [0.1, 0.15) is 18.4 Å². The van der Waals surface area contributed by atoms with Crippen LogP contribution in [-0.2, 0) is 11.0 Å². The number of hydrogen-bond acceptors (Lipinski definition) is 4. The number of ether oxygens (including phenoxy) is 1. The second-order valence-electron chi connectivity index (χ2n) is 4.10. The number of rotatable bonds is 7. The normalized spacial score (nSPS) is 11.3. The van der Waals surface area contributed by atoms with Crippen LogP contribution in [0.2, 0.25) is 5.02 Å². The molecule has 1 amide bonds. The molecule has 0 atom stereocenters.